The van der Waals surface area contributed by atoms with Gasteiger partial charge in [0.05, 0.1) is 41.0 Å². The van der Waals surface area contributed by atoms with Crippen LogP contribution in [0.3, 0.4) is 0 Å². The van der Waals surface area contributed by atoms with E-state index < -0.39 is 12.1 Å². The zero-order chi connectivity index (χ0) is 29.1. The van der Waals surface area contributed by atoms with Crippen LogP contribution in [-0.4, -0.2) is 74.0 Å². The Hall–Kier alpha value is -4.93. The van der Waals surface area contributed by atoms with E-state index in [0.29, 0.717) is 44.1 Å². The first-order chi connectivity index (χ1) is 19.8. The third-order valence-electron chi connectivity index (χ3n) is 6.00. The smallest absolute Gasteiger partial charge is 0.406 e. The predicted octanol–water partition coefficient (Wildman–Crippen LogP) is 4.45. The van der Waals surface area contributed by atoms with Gasteiger partial charge in [0, 0.05) is 30.7 Å². The SMILES string of the molecule is CNC(=O)OCCN(C)C(=O)n1nc(Cn2nnc3c(Oc4cc(Cl)cc(C#N)c4)c(Cl)ccc32)c2cccnc21. The van der Waals surface area contributed by atoms with Crippen LogP contribution in [0.15, 0.2) is 48.7 Å². The van der Waals surface area contributed by atoms with Crippen LogP contribution in [0, 0.1) is 11.3 Å². The molecule has 15 heteroatoms. The number of carbonyl (C=O) groups is 2. The Morgan fingerprint density at radius 2 is 2.02 bits per heavy atom. The topological polar surface area (TPSA) is 153 Å². The molecule has 0 aliphatic heterocycles. The molecule has 0 saturated carbocycles. The van der Waals surface area contributed by atoms with E-state index in [4.69, 9.17) is 32.7 Å². The summed E-state index contributed by atoms with van der Waals surface area (Å²) in [5.41, 5.74) is 2.18. The number of hydrogen-bond acceptors (Lipinski definition) is 9. The number of benzene rings is 2. The lowest BCUT2D eigenvalue weighted by molar-refractivity contribution is 0.136. The molecule has 0 atom stereocenters. The highest BCUT2D eigenvalue weighted by atomic mass is 35.5. The van der Waals surface area contributed by atoms with Crippen molar-refractivity contribution in [3.8, 4) is 17.6 Å². The monoisotopic (exact) mass is 593 g/mol. The van der Waals surface area contributed by atoms with Gasteiger partial charge in [0.25, 0.3) is 0 Å². The summed E-state index contributed by atoms with van der Waals surface area (Å²) in [5, 5.41) is 26.0. The Labute approximate surface area is 242 Å². The van der Waals surface area contributed by atoms with Gasteiger partial charge in [-0.05, 0) is 42.5 Å². The van der Waals surface area contributed by atoms with Crippen LogP contribution in [0.5, 0.6) is 11.5 Å². The van der Waals surface area contributed by atoms with E-state index in [9.17, 15) is 14.9 Å². The molecule has 0 saturated heterocycles. The summed E-state index contributed by atoms with van der Waals surface area (Å²) in [6.07, 6.45) is 0.977. The third kappa shape index (κ3) is 5.69. The van der Waals surface area contributed by atoms with Crippen LogP contribution in [0.1, 0.15) is 11.3 Å². The fourth-order valence-electron chi connectivity index (χ4n) is 4.02. The second-order valence-electron chi connectivity index (χ2n) is 8.70. The van der Waals surface area contributed by atoms with Crippen molar-refractivity contribution in [3.63, 3.8) is 0 Å². The maximum Gasteiger partial charge on any atom is 0.406 e. The number of fused-ring (bicyclic) bond motifs is 2. The Bertz CT molecular complexity index is 1830. The van der Waals surface area contributed by atoms with Crippen molar-refractivity contribution in [3.05, 3.63) is 70.0 Å². The maximum absolute atomic E-state index is 13.2. The van der Waals surface area contributed by atoms with Crippen molar-refractivity contribution in [2.75, 3.05) is 27.2 Å². The second-order valence-corrected chi connectivity index (χ2v) is 9.55. The predicted molar refractivity (Wildman–Crippen MR) is 149 cm³/mol. The average Bonchev–Trinajstić information content (AvgIpc) is 3.55. The van der Waals surface area contributed by atoms with E-state index in [1.165, 1.54) is 28.8 Å². The lowest BCUT2D eigenvalue weighted by Gasteiger charge is -2.16. The Balaban J connectivity index is 1.45. The summed E-state index contributed by atoms with van der Waals surface area (Å²) in [6.45, 7) is 0.307. The van der Waals surface area contributed by atoms with Crippen LogP contribution >= 0.6 is 23.2 Å². The first kappa shape index (κ1) is 27.6. The highest BCUT2D eigenvalue weighted by Crippen LogP contribution is 2.37. The first-order valence-corrected chi connectivity index (χ1v) is 12.9. The molecule has 0 bridgehead atoms. The molecule has 0 unspecified atom stereocenters. The Kier molecular flexibility index (Phi) is 7.86. The molecule has 0 radical (unpaired) electrons. The molecule has 1 N–H and O–H groups in total. The molecule has 0 spiro atoms. The minimum Gasteiger partial charge on any atom is -0.453 e. The fraction of sp³-hybridized carbons (Fsp3) is 0.192. The van der Waals surface area contributed by atoms with Crippen molar-refractivity contribution in [1.82, 2.24) is 40.0 Å². The summed E-state index contributed by atoms with van der Waals surface area (Å²) < 4.78 is 13.8. The van der Waals surface area contributed by atoms with E-state index in [2.05, 4.69) is 25.7 Å². The molecule has 208 valence electrons. The first-order valence-electron chi connectivity index (χ1n) is 12.1. The van der Waals surface area contributed by atoms with Crippen molar-refractivity contribution in [2.45, 2.75) is 6.54 Å². The lowest BCUT2D eigenvalue weighted by Crippen LogP contribution is -2.35. The lowest BCUT2D eigenvalue weighted by atomic mass is 10.2. The summed E-state index contributed by atoms with van der Waals surface area (Å²) in [4.78, 5) is 30.2. The number of nitrogens with zero attached hydrogens (tertiary/aromatic N) is 8. The number of halogens is 2. The van der Waals surface area contributed by atoms with Gasteiger partial charge >= 0.3 is 12.1 Å². The van der Waals surface area contributed by atoms with Crippen molar-refractivity contribution >= 4 is 57.4 Å². The van der Waals surface area contributed by atoms with Crippen LogP contribution in [-0.2, 0) is 11.3 Å². The van der Waals surface area contributed by atoms with Gasteiger partial charge < -0.3 is 19.7 Å². The number of pyridine rings is 1. The number of likely N-dealkylation sites (N-methyl/N-ethyl adjacent to an activating group) is 1. The molecule has 2 aromatic carbocycles. The summed E-state index contributed by atoms with van der Waals surface area (Å²) in [7, 11) is 3.02. The van der Waals surface area contributed by atoms with Gasteiger partial charge in [-0.15, -0.1) is 5.10 Å². The molecule has 13 nitrogen and oxygen atoms in total. The van der Waals surface area contributed by atoms with Crippen molar-refractivity contribution in [1.29, 1.82) is 5.26 Å². The molecule has 3 aromatic heterocycles. The zero-order valence-corrected chi connectivity index (χ0v) is 23.2. The summed E-state index contributed by atoms with van der Waals surface area (Å²) in [6, 6.07) is 13.1. The molecule has 3 heterocycles. The zero-order valence-electron chi connectivity index (χ0n) is 21.7. The van der Waals surface area contributed by atoms with E-state index >= 15 is 0 Å². The minimum absolute atomic E-state index is 0.00627. The van der Waals surface area contributed by atoms with E-state index in [1.54, 1.807) is 48.3 Å². The van der Waals surface area contributed by atoms with Crippen molar-refractivity contribution in [2.24, 2.45) is 0 Å². The number of carbonyl (C=O) groups excluding carboxylic acids is 2. The highest BCUT2D eigenvalue weighted by Gasteiger charge is 2.22. The third-order valence-corrected chi connectivity index (χ3v) is 6.52. The number of hydrogen-bond donors (Lipinski definition) is 1. The molecule has 5 aromatic rings. The molecule has 41 heavy (non-hydrogen) atoms. The average molecular weight is 594 g/mol. The molecule has 5 rings (SSSR count). The summed E-state index contributed by atoms with van der Waals surface area (Å²) >= 11 is 12.6. The van der Waals surface area contributed by atoms with Crippen molar-refractivity contribution < 1.29 is 19.1 Å². The van der Waals surface area contributed by atoms with Crippen LogP contribution in [0.25, 0.3) is 22.1 Å². The van der Waals surface area contributed by atoms with Gasteiger partial charge in [0.1, 0.15) is 12.4 Å². The molecule has 0 aliphatic rings. The van der Waals surface area contributed by atoms with E-state index in [0.717, 1.165) is 0 Å². The van der Waals surface area contributed by atoms with Gasteiger partial charge in [-0.3, -0.25) is 0 Å². The van der Waals surface area contributed by atoms with Crippen LogP contribution < -0.4 is 10.1 Å². The molecular formula is C26H21Cl2N9O4. The molecule has 0 fully saturated rings. The minimum atomic E-state index is -0.589. The van der Waals surface area contributed by atoms with Gasteiger partial charge in [0.15, 0.2) is 16.9 Å². The van der Waals surface area contributed by atoms with Crippen LogP contribution in [0.4, 0.5) is 9.59 Å². The molecular weight excluding hydrogens is 573 g/mol. The normalized spacial score (nSPS) is 10.9. The number of ether oxygens (including phenoxy) is 2. The van der Waals surface area contributed by atoms with Crippen LogP contribution in [0.2, 0.25) is 10.0 Å². The maximum atomic E-state index is 13.2. The largest absolute Gasteiger partial charge is 0.453 e. The highest BCUT2D eigenvalue weighted by molar-refractivity contribution is 6.33. The number of amides is 2. The quantitative estimate of drug-likeness (QED) is 0.288. The second kappa shape index (κ2) is 11.7. The van der Waals surface area contributed by atoms with E-state index in [-0.39, 0.29) is 30.5 Å². The standard InChI is InChI=1S/C26H21Cl2N9O4/c1-30-25(38)40-9-8-35(2)26(39)37-24-18(4-3-7-31-24)20(33-37)14-36-21-6-5-19(28)23(22(21)32-34-36)41-17-11-15(13-29)10-16(27)12-17/h3-7,10-12H,8-9,14H2,1-2H3,(H,30,38). The number of nitriles is 1. The van der Waals surface area contributed by atoms with Gasteiger partial charge in [-0.2, -0.15) is 15.0 Å². The Morgan fingerprint density at radius 3 is 2.80 bits per heavy atom. The van der Waals surface area contributed by atoms with E-state index in [1.807, 2.05) is 6.07 Å². The number of alkyl carbamates (subject to hydrolysis) is 1. The number of aromatic nitrogens is 6. The number of nitrogens with one attached hydrogen (secondary N) is 1. The van der Waals surface area contributed by atoms with Gasteiger partial charge in [-0.25, -0.2) is 19.3 Å². The molecule has 2 amide bonds. The number of rotatable bonds is 7. The van der Waals surface area contributed by atoms with Gasteiger partial charge in [-0.1, -0.05) is 28.4 Å². The summed E-state index contributed by atoms with van der Waals surface area (Å²) in [5.74, 6) is 0.562. The van der Waals surface area contributed by atoms with Gasteiger partial charge in [0.2, 0.25) is 0 Å². The Morgan fingerprint density at radius 1 is 1.20 bits per heavy atom. The molecule has 0 aliphatic carbocycles. The fourth-order valence-corrected chi connectivity index (χ4v) is 4.43.